The van der Waals surface area contributed by atoms with Crippen LogP contribution in [0.25, 0.3) is 0 Å². The molecule has 1 aromatic heterocycles. The van der Waals surface area contributed by atoms with Crippen LogP contribution in [0.1, 0.15) is 0 Å². The van der Waals surface area contributed by atoms with E-state index in [4.69, 9.17) is 16.3 Å². The van der Waals surface area contributed by atoms with Gasteiger partial charge in [-0.05, 0) is 42.5 Å². The average Bonchev–Trinajstić information content (AvgIpc) is 2.75. The number of rotatable bonds is 5. The fourth-order valence-electron chi connectivity index (χ4n) is 3.15. The van der Waals surface area contributed by atoms with E-state index in [0.717, 1.165) is 48.3 Å². The molecule has 1 aliphatic heterocycles. The van der Waals surface area contributed by atoms with Gasteiger partial charge in [0.1, 0.15) is 5.75 Å². The molecule has 8 heteroatoms. The van der Waals surface area contributed by atoms with Crippen molar-refractivity contribution in [2.24, 2.45) is 0 Å². The molecule has 1 saturated heterocycles. The molecule has 7 nitrogen and oxygen atoms in total. The molecule has 2 aromatic carbocycles. The molecule has 0 atom stereocenters. The molecule has 144 valence electrons. The normalized spacial score (nSPS) is 14.1. The van der Waals surface area contributed by atoms with Crippen molar-refractivity contribution in [1.82, 2.24) is 15.2 Å². The molecule has 3 aromatic rings. The highest BCUT2D eigenvalue weighted by Crippen LogP contribution is 2.23. The Hall–Kier alpha value is -3.06. The van der Waals surface area contributed by atoms with Gasteiger partial charge in [-0.15, -0.1) is 5.10 Å². The fourth-order valence-corrected chi connectivity index (χ4v) is 3.33. The van der Waals surface area contributed by atoms with Crippen LogP contribution in [-0.4, -0.2) is 48.5 Å². The lowest BCUT2D eigenvalue weighted by Crippen LogP contribution is -2.47. The predicted octanol–water partition coefficient (Wildman–Crippen LogP) is 3.60. The lowest BCUT2D eigenvalue weighted by molar-refractivity contribution is 0.415. The van der Waals surface area contributed by atoms with Crippen molar-refractivity contribution in [2.75, 3.05) is 48.4 Å². The van der Waals surface area contributed by atoms with Crippen LogP contribution in [0.4, 0.5) is 23.1 Å². The number of anilines is 4. The third-order valence-electron chi connectivity index (χ3n) is 4.65. The smallest absolute Gasteiger partial charge is 0.247 e. The first-order chi connectivity index (χ1) is 13.7. The SMILES string of the molecule is COc1ccc(Nc2cnnc(N3CCN(c4cccc(Cl)c4)CC3)n2)cc1. The average molecular weight is 397 g/mol. The van der Waals surface area contributed by atoms with Crippen molar-refractivity contribution in [3.05, 3.63) is 59.8 Å². The first kappa shape index (κ1) is 18.3. The number of hydrogen-bond donors (Lipinski definition) is 1. The van der Waals surface area contributed by atoms with Crippen molar-refractivity contribution in [2.45, 2.75) is 0 Å². The highest BCUT2D eigenvalue weighted by atomic mass is 35.5. The van der Waals surface area contributed by atoms with Gasteiger partial charge in [0.05, 0.1) is 13.3 Å². The Kier molecular flexibility index (Phi) is 5.43. The number of methoxy groups -OCH3 is 1. The van der Waals surface area contributed by atoms with Crippen LogP contribution in [0, 0.1) is 0 Å². The van der Waals surface area contributed by atoms with E-state index < -0.39 is 0 Å². The minimum absolute atomic E-state index is 0.629. The van der Waals surface area contributed by atoms with Crippen LogP contribution in [0.3, 0.4) is 0 Å². The molecule has 0 spiro atoms. The van der Waals surface area contributed by atoms with Crippen LogP contribution >= 0.6 is 11.6 Å². The van der Waals surface area contributed by atoms with Gasteiger partial charge in [-0.1, -0.05) is 17.7 Å². The highest BCUT2D eigenvalue weighted by molar-refractivity contribution is 6.30. The highest BCUT2D eigenvalue weighted by Gasteiger charge is 2.20. The first-order valence-corrected chi connectivity index (χ1v) is 9.45. The van der Waals surface area contributed by atoms with Crippen molar-refractivity contribution >= 4 is 34.7 Å². The van der Waals surface area contributed by atoms with Crippen LogP contribution in [0.15, 0.2) is 54.7 Å². The van der Waals surface area contributed by atoms with Crippen molar-refractivity contribution < 1.29 is 4.74 Å². The second kappa shape index (κ2) is 8.31. The molecule has 2 heterocycles. The second-order valence-electron chi connectivity index (χ2n) is 6.45. The molecule has 1 aliphatic rings. The summed E-state index contributed by atoms with van der Waals surface area (Å²) in [7, 11) is 1.65. The van der Waals surface area contributed by atoms with E-state index in [1.54, 1.807) is 13.3 Å². The molecule has 0 unspecified atom stereocenters. The predicted molar refractivity (Wildman–Crippen MR) is 112 cm³/mol. The molecule has 0 bridgehead atoms. The minimum atomic E-state index is 0.629. The number of piperazine rings is 1. The number of nitrogens with one attached hydrogen (secondary N) is 1. The fraction of sp³-hybridized carbons (Fsp3) is 0.250. The number of hydrogen-bond acceptors (Lipinski definition) is 7. The zero-order chi connectivity index (χ0) is 19.3. The van der Waals surface area contributed by atoms with E-state index in [1.165, 1.54) is 0 Å². The van der Waals surface area contributed by atoms with E-state index in [1.807, 2.05) is 42.5 Å². The summed E-state index contributed by atoms with van der Waals surface area (Å²) < 4.78 is 5.18. The molecule has 0 radical (unpaired) electrons. The van der Waals surface area contributed by atoms with Crippen LogP contribution in [0.5, 0.6) is 5.75 Å². The molecule has 4 rings (SSSR count). The standard InChI is InChI=1S/C20H21ClN6O/c1-28-18-7-5-16(6-8-18)23-19-14-22-25-20(24-19)27-11-9-26(10-12-27)17-4-2-3-15(21)13-17/h2-8,13-14H,9-12H2,1H3,(H,23,24,25). The summed E-state index contributed by atoms with van der Waals surface area (Å²) in [5, 5.41) is 12.3. The van der Waals surface area contributed by atoms with Crippen LogP contribution in [-0.2, 0) is 0 Å². The van der Waals surface area contributed by atoms with Crippen LogP contribution < -0.4 is 19.9 Å². The quantitative estimate of drug-likeness (QED) is 0.706. The summed E-state index contributed by atoms with van der Waals surface area (Å²) in [5.74, 6) is 2.10. The Morgan fingerprint density at radius 3 is 2.46 bits per heavy atom. The van der Waals surface area contributed by atoms with E-state index in [0.29, 0.717) is 11.8 Å². The van der Waals surface area contributed by atoms with Gasteiger partial charge in [-0.3, -0.25) is 0 Å². The van der Waals surface area contributed by atoms with E-state index >= 15 is 0 Å². The Bertz CT molecular complexity index is 928. The number of aromatic nitrogens is 3. The van der Waals surface area contributed by atoms with Crippen molar-refractivity contribution in [3.63, 3.8) is 0 Å². The second-order valence-corrected chi connectivity index (χ2v) is 6.89. The summed E-state index contributed by atoms with van der Waals surface area (Å²) in [4.78, 5) is 9.08. The Balaban J connectivity index is 1.40. The maximum atomic E-state index is 6.11. The van der Waals surface area contributed by atoms with E-state index in [-0.39, 0.29) is 0 Å². The summed E-state index contributed by atoms with van der Waals surface area (Å²) >= 11 is 6.11. The number of benzene rings is 2. The van der Waals surface area contributed by atoms with Crippen molar-refractivity contribution in [3.8, 4) is 5.75 Å². The lowest BCUT2D eigenvalue weighted by Gasteiger charge is -2.36. The molecular weight excluding hydrogens is 376 g/mol. The summed E-state index contributed by atoms with van der Waals surface area (Å²) in [6.45, 7) is 3.39. The topological polar surface area (TPSA) is 66.4 Å². The van der Waals surface area contributed by atoms with E-state index in [2.05, 4.69) is 36.4 Å². The monoisotopic (exact) mass is 396 g/mol. The van der Waals surface area contributed by atoms with Gasteiger partial charge < -0.3 is 19.9 Å². The number of nitrogens with zero attached hydrogens (tertiary/aromatic N) is 5. The maximum Gasteiger partial charge on any atom is 0.247 e. The lowest BCUT2D eigenvalue weighted by atomic mass is 10.2. The Morgan fingerprint density at radius 2 is 1.75 bits per heavy atom. The van der Waals surface area contributed by atoms with Gasteiger partial charge in [-0.2, -0.15) is 10.1 Å². The first-order valence-electron chi connectivity index (χ1n) is 9.07. The van der Waals surface area contributed by atoms with Crippen molar-refractivity contribution in [1.29, 1.82) is 0 Å². The third kappa shape index (κ3) is 4.26. The Morgan fingerprint density at radius 1 is 1.00 bits per heavy atom. The third-order valence-corrected chi connectivity index (χ3v) is 4.88. The Labute approximate surface area is 168 Å². The van der Waals surface area contributed by atoms with Gasteiger partial charge in [-0.25, -0.2) is 0 Å². The molecule has 1 fully saturated rings. The molecule has 0 saturated carbocycles. The van der Waals surface area contributed by atoms with E-state index in [9.17, 15) is 0 Å². The summed E-state index contributed by atoms with van der Waals surface area (Å²) in [5.41, 5.74) is 2.05. The summed E-state index contributed by atoms with van der Waals surface area (Å²) in [6, 6.07) is 15.6. The van der Waals surface area contributed by atoms with Gasteiger partial charge in [0, 0.05) is 42.6 Å². The maximum absolute atomic E-state index is 6.11. The molecule has 0 amide bonds. The molecule has 28 heavy (non-hydrogen) atoms. The van der Waals surface area contributed by atoms with Gasteiger partial charge in [0.15, 0.2) is 5.82 Å². The van der Waals surface area contributed by atoms with Gasteiger partial charge in [0.25, 0.3) is 0 Å². The molecule has 0 aliphatic carbocycles. The molecular formula is C20H21ClN6O. The number of halogens is 1. The molecule has 1 N–H and O–H groups in total. The summed E-state index contributed by atoms with van der Waals surface area (Å²) in [6.07, 6.45) is 1.62. The zero-order valence-corrected chi connectivity index (χ0v) is 16.3. The van der Waals surface area contributed by atoms with Crippen LogP contribution in [0.2, 0.25) is 5.02 Å². The zero-order valence-electron chi connectivity index (χ0n) is 15.5. The number of ether oxygens (including phenoxy) is 1. The van der Waals surface area contributed by atoms with Gasteiger partial charge >= 0.3 is 0 Å². The van der Waals surface area contributed by atoms with Gasteiger partial charge in [0.2, 0.25) is 5.95 Å². The minimum Gasteiger partial charge on any atom is -0.497 e. The largest absolute Gasteiger partial charge is 0.497 e.